The first-order chi connectivity index (χ1) is 14.2. The highest BCUT2D eigenvalue weighted by atomic mass is 19.1. The van der Waals surface area contributed by atoms with E-state index in [-0.39, 0.29) is 19.4 Å². The molecule has 2 atom stereocenters. The molecule has 0 amide bonds. The SMILES string of the molecule is F[C@]1(c2ccccc2)COCN1c1cccc(C2=N[C@H](c3ccccc3)CO2)c1. The molecule has 0 spiro atoms. The van der Waals surface area contributed by atoms with Gasteiger partial charge in [-0.05, 0) is 23.8 Å². The summed E-state index contributed by atoms with van der Waals surface area (Å²) in [6.07, 6.45) is 0. The van der Waals surface area contributed by atoms with Gasteiger partial charge in [-0.1, -0.05) is 66.7 Å². The average Bonchev–Trinajstić information content (AvgIpc) is 3.43. The number of halogens is 1. The molecule has 0 unspecified atom stereocenters. The topological polar surface area (TPSA) is 34.1 Å². The van der Waals surface area contributed by atoms with Gasteiger partial charge in [0.05, 0.1) is 0 Å². The lowest BCUT2D eigenvalue weighted by atomic mass is 10.0. The maximum absolute atomic E-state index is 15.9. The highest BCUT2D eigenvalue weighted by Crippen LogP contribution is 2.39. The van der Waals surface area contributed by atoms with Gasteiger partial charge in [0.1, 0.15) is 26.0 Å². The van der Waals surface area contributed by atoms with Crippen molar-refractivity contribution in [3.05, 3.63) is 102 Å². The van der Waals surface area contributed by atoms with Crippen LogP contribution in [0.1, 0.15) is 22.7 Å². The molecule has 146 valence electrons. The van der Waals surface area contributed by atoms with Crippen LogP contribution in [0.25, 0.3) is 0 Å². The van der Waals surface area contributed by atoms with Crippen molar-refractivity contribution in [2.24, 2.45) is 4.99 Å². The molecule has 29 heavy (non-hydrogen) atoms. The van der Waals surface area contributed by atoms with Gasteiger partial charge in [-0.3, -0.25) is 0 Å². The number of benzene rings is 3. The Kier molecular flexibility index (Phi) is 4.52. The molecule has 0 radical (unpaired) electrons. The minimum atomic E-state index is -1.70. The second-order valence-electron chi connectivity index (χ2n) is 7.25. The Balaban J connectivity index is 1.45. The molecule has 0 aromatic heterocycles. The van der Waals surface area contributed by atoms with Crippen molar-refractivity contribution in [1.82, 2.24) is 0 Å². The van der Waals surface area contributed by atoms with E-state index < -0.39 is 5.79 Å². The first-order valence-electron chi connectivity index (χ1n) is 9.70. The van der Waals surface area contributed by atoms with Gasteiger partial charge >= 0.3 is 0 Å². The van der Waals surface area contributed by atoms with Crippen LogP contribution in [0.4, 0.5) is 10.1 Å². The van der Waals surface area contributed by atoms with E-state index in [4.69, 9.17) is 14.5 Å². The first-order valence-corrected chi connectivity index (χ1v) is 9.70. The van der Waals surface area contributed by atoms with Gasteiger partial charge in [-0.15, -0.1) is 0 Å². The first kappa shape index (κ1) is 17.9. The maximum Gasteiger partial charge on any atom is 0.234 e. The molecule has 4 nitrogen and oxygen atoms in total. The van der Waals surface area contributed by atoms with Crippen molar-refractivity contribution >= 4 is 11.6 Å². The zero-order valence-electron chi connectivity index (χ0n) is 15.9. The molecule has 0 aliphatic carbocycles. The highest BCUT2D eigenvalue weighted by molar-refractivity contribution is 5.96. The van der Waals surface area contributed by atoms with E-state index in [2.05, 4.69) is 12.1 Å². The normalized spacial score (nSPS) is 23.7. The van der Waals surface area contributed by atoms with Gasteiger partial charge in [0, 0.05) is 16.8 Å². The lowest BCUT2D eigenvalue weighted by Crippen LogP contribution is -2.39. The van der Waals surface area contributed by atoms with Gasteiger partial charge < -0.3 is 14.4 Å². The van der Waals surface area contributed by atoms with Crippen molar-refractivity contribution in [1.29, 1.82) is 0 Å². The largest absolute Gasteiger partial charge is 0.475 e. The molecule has 1 saturated heterocycles. The van der Waals surface area contributed by atoms with Gasteiger partial charge in [0.25, 0.3) is 0 Å². The Hall–Kier alpha value is -3.18. The number of anilines is 1. The summed E-state index contributed by atoms with van der Waals surface area (Å²) in [7, 11) is 0. The molecule has 0 bridgehead atoms. The molecule has 5 rings (SSSR count). The van der Waals surface area contributed by atoms with Gasteiger partial charge in [0.2, 0.25) is 11.7 Å². The summed E-state index contributed by atoms with van der Waals surface area (Å²) in [5, 5.41) is 0. The second-order valence-corrected chi connectivity index (χ2v) is 7.25. The minimum absolute atomic E-state index is 0.00519. The highest BCUT2D eigenvalue weighted by Gasteiger charge is 2.44. The van der Waals surface area contributed by atoms with Crippen LogP contribution in [-0.4, -0.2) is 25.8 Å². The van der Waals surface area contributed by atoms with Gasteiger partial charge in [0.15, 0.2) is 0 Å². The molecule has 2 aliphatic heterocycles. The van der Waals surface area contributed by atoms with Crippen molar-refractivity contribution in [2.45, 2.75) is 11.8 Å². The maximum atomic E-state index is 15.9. The van der Waals surface area contributed by atoms with E-state index in [9.17, 15) is 0 Å². The van der Waals surface area contributed by atoms with Gasteiger partial charge in [-0.2, -0.15) is 0 Å². The summed E-state index contributed by atoms with van der Waals surface area (Å²) in [5.41, 5.74) is 3.28. The van der Waals surface area contributed by atoms with Crippen molar-refractivity contribution in [2.75, 3.05) is 24.8 Å². The van der Waals surface area contributed by atoms with Crippen molar-refractivity contribution in [3.63, 3.8) is 0 Å². The van der Waals surface area contributed by atoms with Crippen LogP contribution in [0.15, 0.2) is 89.9 Å². The molecular weight excluding hydrogens is 367 g/mol. The van der Waals surface area contributed by atoms with E-state index in [1.807, 2.05) is 60.7 Å². The molecule has 5 heteroatoms. The zero-order valence-corrected chi connectivity index (χ0v) is 15.9. The average molecular weight is 388 g/mol. The van der Waals surface area contributed by atoms with E-state index >= 15 is 4.39 Å². The predicted octanol–water partition coefficient (Wildman–Crippen LogP) is 4.82. The zero-order chi connectivity index (χ0) is 19.7. The van der Waals surface area contributed by atoms with E-state index in [0.717, 1.165) is 16.8 Å². The second kappa shape index (κ2) is 7.33. The van der Waals surface area contributed by atoms with Crippen LogP contribution in [0.3, 0.4) is 0 Å². The van der Waals surface area contributed by atoms with Crippen LogP contribution < -0.4 is 4.90 Å². The summed E-state index contributed by atoms with van der Waals surface area (Å²) < 4.78 is 27.3. The Morgan fingerprint density at radius 1 is 0.931 bits per heavy atom. The quantitative estimate of drug-likeness (QED) is 0.601. The third kappa shape index (κ3) is 3.28. The predicted molar refractivity (Wildman–Crippen MR) is 111 cm³/mol. The number of nitrogens with zero attached hydrogens (tertiary/aromatic N) is 2. The van der Waals surface area contributed by atoms with Crippen molar-refractivity contribution in [3.8, 4) is 0 Å². The smallest absolute Gasteiger partial charge is 0.234 e. The third-order valence-corrected chi connectivity index (χ3v) is 5.40. The fourth-order valence-corrected chi connectivity index (χ4v) is 3.85. The number of hydrogen-bond acceptors (Lipinski definition) is 4. The lowest BCUT2D eigenvalue weighted by Gasteiger charge is -2.31. The van der Waals surface area contributed by atoms with E-state index in [0.29, 0.717) is 18.1 Å². The number of alkyl halides is 1. The fourth-order valence-electron chi connectivity index (χ4n) is 3.85. The molecule has 1 fully saturated rings. The molecule has 3 aromatic rings. The molecule has 2 heterocycles. The number of ether oxygens (including phenoxy) is 2. The Bertz CT molecular complexity index is 1030. The number of rotatable bonds is 4. The molecule has 2 aliphatic rings. The third-order valence-electron chi connectivity index (χ3n) is 5.40. The number of hydrogen-bond donors (Lipinski definition) is 0. The Morgan fingerprint density at radius 2 is 1.69 bits per heavy atom. The molecule has 0 saturated carbocycles. The fraction of sp³-hybridized carbons (Fsp3) is 0.208. The summed E-state index contributed by atoms with van der Waals surface area (Å²) in [5.74, 6) is -1.12. The van der Waals surface area contributed by atoms with E-state index in [1.54, 1.807) is 17.0 Å². The van der Waals surface area contributed by atoms with Crippen LogP contribution in [-0.2, 0) is 15.3 Å². The minimum Gasteiger partial charge on any atom is -0.475 e. The standard InChI is InChI=1S/C24H21FN2O2/c25-24(20-11-5-2-6-12-20)16-28-17-27(24)21-13-7-10-19(14-21)23-26-22(15-29-23)18-8-3-1-4-9-18/h1-14,22H,15-17H2/t22-,24+/m0/s1. The van der Waals surface area contributed by atoms with Gasteiger partial charge in [-0.25, -0.2) is 9.38 Å². The summed E-state index contributed by atoms with van der Waals surface area (Å²) >= 11 is 0. The molecule has 3 aromatic carbocycles. The van der Waals surface area contributed by atoms with Crippen LogP contribution in [0, 0.1) is 0 Å². The molecular formula is C24H21FN2O2. The lowest BCUT2D eigenvalue weighted by molar-refractivity contribution is 0.112. The summed E-state index contributed by atoms with van der Waals surface area (Å²) in [6, 6.07) is 26.9. The number of aliphatic imine (C=N–C) groups is 1. The Labute approximate surface area is 169 Å². The van der Waals surface area contributed by atoms with Crippen LogP contribution in [0.2, 0.25) is 0 Å². The van der Waals surface area contributed by atoms with Crippen molar-refractivity contribution < 1.29 is 13.9 Å². The summed E-state index contributed by atoms with van der Waals surface area (Å²) in [6.45, 7) is 0.692. The Morgan fingerprint density at radius 3 is 2.48 bits per heavy atom. The summed E-state index contributed by atoms with van der Waals surface area (Å²) in [4.78, 5) is 6.39. The monoisotopic (exact) mass is 388 g/mol. The van der Waals surface area contributed by atoms with Crippen LogP contribution >= 0.6 is 0 Å². The van der Waals surface area contributed by atoms with E-state index in [1.165, 1.54) is 0 Å². The van der Waals surface area contributed by atoms with Crippen LogP contribution in [0.5, 0.6) is 0 Å². The molecule has 0 N–H and O–H groups in total.